The highest BCUT2D eigenvalue weighted by Gasteiger charge is 2.57. The van der Waals surface area contributed by atoms with Gasteiger partial charge < -0.3 is 35.5 Å². The Kier molecular flexibility index (Phi) is 9.67. The first kappa shape index (κ1) is 27.5. The minimum absolute atomic E-state index is 0.0904. The molecule has 0 radical (unpaired) electrons. The van der Waals surface area contributed by atoms with Gasteiger partial charge >= 0.3 is 11.9 Å². The molecule has 3 unspecified atom stereocenters. The number of aliphatic hydroxyl groups excluding tert-OH is 1. The summed E-state index contributed by atoms with van der Waals surface area (Å²) >= 11 is 2.84. The minimum atomic E-state index is -2.31. The van der Waals surface area contributed by atoms with Crippen LogP contribution in [-0.4, -0.2) is 80.9 Å². The zero-order valence-electron chi connectivity index (χ0n) is 18.8. The average molecular weight is 506 g/mol. The first-order valence-corrected chi connectivity index (χ1v) is 12.8. The Labute approximate surface area is 200 Å². The Balaban J connectivity index is 2.43. The van der Waals surface area contributed by atoms with Crippen molar-refractivity contribution in [1.82, 2.24) is 5.23 Å². The second kappa shape index (κ2) is 11.6. The Morgan fingerprint density at radius 1 is 1.33 bits per heavy atom. The molecule has 0 amide bonds. The number of methoxy groups -OCH3 is 1. The van der Waals surface area contributed by atoms with Crippen LogP contribution in [0, 0.1) is 0 Å². The fraction of sp³-hybridized carbons (Fsp3) is 0.600. The molecule has 2 rings (SSSR count). The van der Waals surface area contributed by atoms with E-state index in [-0.39, 0.29) is 41.9 Å². The largest absolute Gasteiger partial charge is 0.507 e. The van der Waals surface area contributed by atoms with Crippen LogP contribution in [0.4, 0.5) is 0 Å². The number of ether oxygens (including phenoxy) is 1. The molecule has 11 nitrogen and oxygen atoms in total. The third-order valence-electron chi connectivity index (χ3n) is 5.45. The maximum atomic E-state index is 12.8. The number of hydroxylamine groups is 2. The van der Waals surface area contributed by atoms with Gasteiger partial charge in [-0.2, -0.15) is 23.5 Å². The molecule has 13 heteroatoms. The van der Waals surface area contributed by atoms with Crippen molar-refractivity contribution in [3.05, 3.63) is 23.3 Å². The van der Waals surface area contributed by atoms with Crippen LogP contribution in [-0.2, 0) is 32.3 Å². The van der Waals surface area contributed by atoms with E-state index in [9.17, 15) is 24.9 Å². The molecule has 0 saturated carbocycles. The molecule has 0 spiro atoms. The lowest BCUT2D eigenvalue weighted by molar-refractivity contribution is -0.329. The van der Waals surface area contributed by atoms with Crippen LogP contribution in [0.3, 0.4) is 0 Å². The van der Waals surface area contributed by atoms with E-state index in [1.54, 1.807) is 12.3 Å². The molecule has 186 valence electrons. The monoisotopic (exact) mass is 505 g/mol. The highest BCUT2D eigenvalue weighted by Crippen LogP contribution is 2.38. The van der Waals surface area contributed by atoms with Crippen molar-refractivity contribution in [2.45, 2.75) is 43.2 Å². The number of thioether (sulfide) groups is 2. The first-order chi connectivity index (χ1) is 15.5. The van der Waals surface area contributed by atoms with Crippen LogP contribution in [0.2, 0.25) is 0 Å². The van der Waals surface area contributed by atoms with Gasteiger partial charge in [0.1, 0.15) is 23.1 Å². The quantitative estimate of drug-likeness (QED) is 0.238. The van der Waals surface area contributed by atoms with E-state index in [0.29, 0.717) is 16.7 Å². The first-order valence-electron chi connectivity index (χ1n) is 10.1. The van der Waals surface area contributed by atoms with Crippen molar-refractivity contribution >= 4 is 35.5 Å². The Morgan fingerprint density at radius 3 is 2.58 bits per heavy atom. The Morgan fingerprint density at radius 2 is 2.00 bits per heavy atom. The Bertz CT molecular complexity index is 857. The standard InChI is InChI=1S/C20H31N3O8S2/c1-29-14-5-4-12(11-24)16(25)13(14)10-15-19(21,6-8-32-2)17(26)30-23(15)31-18(27)20(22,28)7-9-33-3/h4-5,15,24-25,28H,6-11,21-22H2,1-3H3. The fourth-order valence-electron chi connectivity index (χ4n) is 3.33. The molecule has 1 aromatic carbocycles. The molecule has 1 aliphatic heterocycles. The molecular weight excluding hydrogens is 474 g/mol. The van der Waals surface area contributed by atoms with Crippen LogP contribution in [0.15, 0.2) is 12.1 Å². The molecule has 0 aliphatic carbocycles. The molecule has 33 heavy (non-hydrogen) atoms. The van der Waals surface area contributed by atoms with Gasteiger partial charge in [0.15, 0.2) is 0 Å². The van der Waals surface area contributed by atoms with Crippen molar-refractivity contribution in [2.75, 3.05) is 31.1 Å². The van der Waals surface area contributed by atoms with Gasteiger partial charge in [-0.1, -0.05) is 0 Å². The molecule has 1 fully saturated rings. The van der Waals surface area contributed by atoms with E-state index in [1.165, 1.54) is 36.7 Å². The van der Waals surface area contributed by atoms with Gasteiger partial charge in [0, 0.05) is 29.2 Å². The highest BCUT2D eigenvalue weighted by atomic mass is 32.2. The lowest BCUT2D eigenvalue weighted by Crippen LogP contribution is -2.58. The van der Waals surface area contributed by atoms with E-state index >= 15 is 0 Å². The maximum absolute atomic E-state index is 12.8. The molecule has 1 saturated heterocycles. The predicted octanol–water partition coefficient (Wildman–Crippen LogP) is -0.113. The molecule has 0 aromatic heterocycles. The Hall–Kier alpha value is -1.74. The number of benzene rings is 1. The SMILES string of the molecule is COc1ccc(CO)c(O)c1CC1N(OC(=O)C(N)(O)CCSC)OC(=O)C1(N)CCSC. The summed E-state index contributed by atoms with van der Waals surface area (Å²) in [7, 11) is 1.40. The van der Waals surface area contributed by atoms with Crippen molar-refractivity contribution in [3.63, 3.8) is 0 Å². The average Bonchev–Trinajstić information content (AvgIpc) is 3.01. The summed E-state index contributed by atoms with van der Waals surface area (Å²) in [6, 6.07) is 1.96. The van der Waals surface area contributed by atoms with Gasteiger partial charge in [-0.3, -0.25) is 5.73 Å². The van der Waals surface area contributed by atoms with E-state index in [0.717, 1.165) is 0 Å². The van der Waals surface area contributed by atoms with E-state index in [4.69, 9.17) is 25.9 Å². The van der Waals surface area contributed by atoms with E-state index in [1.807, 2.05) is 6.26 Å². The number of carbonyl (C=O) groups excluding carboxylic acids is 2. The van der Waals surface area contributed by atoms with Gasteiger partial charge in [0.25, 0.3) is 0 Å². The van der Waals surface area contributed by atoms with Gasteiger partial charge in [0.2, 0.25) is 5.72 Å². The zero-order chi connectivity index (χ0) is 24.8. The predicted molar refractivity (Wildman–Crippen MR) is 124 cm³/mol. The molecule has 1 aliphatic rings. The number of nitrogens with two attached hydrogens (primary N) is 2. The lowest BCUT2D eigenvalue weighted by atomic mass is 9.85. The van der Waals surface area contributed by atoms with Gasteiger partial charge in [-0.05, 0) is 42.6 Å². The second-order valence-corrected chi connectivity index (χ2v) is 9.60. The normalized spacial score (nSPS) is 22.6. The van der Waals surface area contributed by atoms with Crippen molar-refractivity contribution in [2.24, 2.45) is 11.5 Å². The van der Waals surface area contributed by atoms with E-state index < -0.39 is 35.9 Å². The number of carbonyl (C=O) groups is 2. The third-order valence-corrected chi connectivity index (χ3v) is 6.67. The van der Waals surface area contributed by atoms with Gasteiger partial charge in [-0.15, -0.1) is 0 Å². The number of aliphatic hydroxyl groups is 2. The smallest absolute Gasteiger partial charge is 0.375 e. The number of phenols is 1. The van der Waals surface area contributed by atoms with Crippen LogP contribution in [0.25, 0.3) is 0 Å². The molecule has 0 bridgehead atoms. The molecule has 3 atom stereocenters. The fourth-order valence-corrected chi connectivity index (χ4v) is 4.39. The van der Waals surface area contributed by atoms with Crippen molar-refractivity contribution in [1.29, 1.82) is 0 Å². The van der Waals surface area contributed by atoms with Gasteiger partial charge in [-0.25, -0.2) is 9.59 Å². The number of hydrogen-bond acceptors (Lipinski definition) is 13. The summed E-state index contributed by atoms with van der Waals surface area (Å²) in [6.07, 6.45) is 3.58. The zero-order valence-corrected chi connectivity index (χ0v) is 20.4. The number of rotatable bonds is 12. The summed E-state index contributed by atoms with van der Waals surface area (Å²) in [5.74, 6) is -1.14. The molecule has 7 N–H and O–H groups in total. The van der Waals surface area contributed by atoms with E-state index in [2.05, 4.69) is 0 Å². The van der Waals surface area contributed by atoms with Crippen LogP contribution < -0.4 is 16.2 Å². The van der Waals surface area contributed by atoms with Crippen molar-refractivity contribution in [3.8, 4) is 11.5 Å². The molecule has 1 aromatic rings. The van der Waals surface area contributed by atoms with Crippen LogP contribution in [0.1, 0.15) is 24.0 Å². The third kappa shape index (κ3) is 6.04. The highest BCUT2D eigenvalue weighted by molar-refractivity contribution is 7.98. The lowest BCUT2D eigenvalue weighted by Gasteiger charge is -2.30. The molecule has 1 heterocycles. The second-order valence-electron chi connectivity index (χ2n) is 7.63. The summed E-state index contributed by atoms with van der Waals surface area (Å²) in [4.78, 5) is 35.7. The minimum Gasteiger partial charge on any atom is -0.507 e. The number of hydrogen-bond donors (Lipinski definition) is 5. The van der Waals surface area contributed by atoms with Crippen LogP contribution in [0.5, 0.6) is 11.5 Å². The number of nitrogens with zero attached hydrogens (tertiary/aromatic N) is 1. The summed E-state index contributed by atoms with van der Waals surface area (Å²) < 4.78 is 5.33. The molecular formula is C20H31N3O8S2. The topological polar surface area (TPSA) is 178 Å². The number of aromatic hydroxyl groups is 1. The maximum Gasteiger partial charge on any atom is 0.375 e. The summed E-state index contributed by atoms with van der Waals surface area (Å²) in [5, 5.41) is 31.1. The van der Waals surface area contributed by atoms with Gasteiger partial charge in [0.05, 0.1) is 13.7 Å². The van der Waals surface area contributed by atoms with Crippen LogP contribution >= 0.6 is 23.5 Å². The van der Waals surface area contributed by atoms with Crippen molar-refractivity contribution < 1.29 is 39.3 Å². The summed E-state index contributed by atoms with van der Waals surface area (Å²) in [5.41, 5.74) is 8.70. The summed E-state index contributed by atoms with van der Waals surface area (Å²) in [6.45, 7) is -0.433.